The zero-order valence-electron chi connectivity index (χ0n) is 9.04. The van der Waals surface area contributed by atoms with Crippen molar-refractivity contribution in [3.05, 3.63) is 34.6 Å². The van der Waals surface area contributed by atoms with E-state index in [1.807, 2.05) is 36.7 Å². The molecule has 0 unspecified atom stereocenters. The first kappa shape index (κ1) is 11.4. The van der Waals surface area contributed by atoms with Gasteiger partial charge in [0.25, 0.3) is 0 Å². The summed E-state index contributed by atoms with van der Waals surface area (Å²) in [5, 5.41) is 8.88. The van der Waals surface area contributed by atoms with E-state index in [1.165, 1.54) is 0 Å². The fourth-order valence-electron chi connectivity index (χ4n) is 1.51. The van der Waals surface area contributed by atoms with E-state index in [0.717, 1.165) is 27.8 Å². The van der Waals surface area contributed by atoms with E-state index in [4.69, 9.17) is 23.2 Å². The summed E-state index contributed by atoms with van der Waals surface area (Å²) in [6.45, 7) is 1.96. The van der Waals surface area contributed by atoms with Crippen LogP contribution in [-0.4, -0.2) is 14.8 Å². The molecule has 0 spiro atoms. The number of benzene rings is 1. The first-order valence-electron chi connectivity index (χ1n) is 4.84. The van der Waals surface area contributed by atoms with Crippen molar-refractivity contribution in [3.63, 3.8) is 0 Å². The molecule has 0 saturated carbocycles. The van der Waals surface area contributed by atoms with Crippen LogP contribution in [0.2, 0.25) is 5.02 Å². The van der Waals surface area contributed by atoms with Gasteiger partial charge in [-0.05, 0) is 30.7 Å². The minimum absolute atomic E-state index is 0.357. The molecule has 0 aliphatic rings. The van der Waals surface area contributed by atoms with Crippen molar-refractivity contribution in [2.24, 2.45) is 7.05 Å². The molecule has 0 saturated heterocycles. The maximum absolute atomic E-state index is 5.98. The second kappa shape index (κ2) is 4.44. The molecule has 84 valence electrons. The number of aromatic nitrogens is 3. The van der Waals surface area contributed by atoms with E-state index in [-0.39, 0.29) is 0 Å². The van der Waals surface area contributed by atoms with Gasteiger partial charge in [-0.1, -0.05) is 11.6 Å². The van der Waals surface area contributed by atoms with Crippen LogP contribution >= 0.6 is 23.2 Å². The molecule has 0 fully saturated rings. The van der Waals surface area contributed by atoms with Crippen LogP contribution in [-0.2, 0) is 12.9 Å². The van der Waals surface area contributed by atoms with E-state index < -0.39 is 0 Å². The average Bonchev–Trinajstić information content (AvgIpc) is 2.64. The van der Waals surface area contributed by atoms with Crippen molar-refractivity contribution in [3.8, 4) is 11.4 Å². The summed E-state index contributed by atoms with van der Waals surface area (Å²) < 4.78 is 1.88. The maximum atomic E-state index is 5.98. The minimum atomic E-state index is 0.357. The van der Waals surface area contributed by atoms with Crippen molar-refractivity contribution < 1.29 is 0 Å². The van der Waals surface area contributed by atoms with Crippen molar-refractivity contribution in [2.75, 3.05) is 0 Å². The van der Waals surface area contributed by atoms with Gasteiger partial charge in [0.2, 0.25) is 0 Å². The van der Waals surface area contributed by atoms with Gasteiger partial charge in [0.15, 0.2) is 5.82 Å². The van der Waals surface area contributed by atoms with Crippen molar-refractivity contribution in [1.82, 2.24) is 14.8 Å². The summed E-state index contributed by atoms with van der Waals surface area (Å²) in [5.74, 6) is 1.91. The number of aryl methyl sites for hydroxylation is 1. The maximum Gasteiger partial charge on any atom is 0.163 e. The van der Waals surface area contributed by atoms with Crippen LogP contribution in [0.5, 0.6) is 0 Å². The Morgan fingerprint density at radius 1 is 1.31 bits per heavy atom. The van der Waals surface area contributed by atoms with E-state index in [1.54, 1.807) is 0 Å². The molecular weight excluding hydrogens is 245 g/mol. The highest BCUT2D eigenvalue weighted by Gasteiger charge is 2.10. The Kier molecular flexibility index (Phi) is 3.17. The minimum Gasteiger partial charge on any atom is -0.313 e. The second-order valence-electron chi connectivity index (χ2n) is 3.60. The lowest BCUT2D eigenvalue weighted by atomic mass is 10.1. The standard InChI is InChI=1S/C11H11Cl2N3/c1-7-5-8(3-4-9(7)13)11-15-14-10(6-12)16(11)2/h3-5H,6H2,1-2H3. The number of nitrogens with zero attached hydrogens (tertiary/aromatic N) is 3. The summed E-state index contributed by atoms with van der Waals surface area (Å²) in [7, 11) is 1.90. The highest BCUT2D eigenvalue weighted by atomic mass is 35.5. The third-order valence-electron chi connectivity index (χ3n) is 2.50. The molecule has 2 aromatic rings. The van der Waals surface area contributed by atoms with Crippen LogP contribution in [0.3, 0.4) is 0 Å². The molecule has 16 heavy (non-hydrogen) atoms. The first-order chi connectivity index (χ1) is 7.63. The number of rotatable bonds is 2. The van der Waals surface area contributed by atoms with Crippen LogP contribution in [0.4, 0.5) is 0 Å². The predicted octanol–water partition coefficient (Wildman–Crippen LogP) is 3.18. The van der Waals surface area contributed by atoms with E-state index in [2.05, 4.69) is 10.2 Å². The van der Waals surface area contributed by atoms with Gasteiger partial charge in [0, 0.05) is 17.6 Å². The van der Waals surface area contributed by atoms with Gasteiger partial charge in [-0.15, -0.1) is 21.8 Å². The van der Waals surface area contributed by atoms with Gasteiger partial charge < -0.3 is 4.57 Å². The van der Waals surface area contributed by atoms with Crippen LogP contribution in [0.25, 0.3) is 11.4 Å². The predicted molar refractivity (Wildman–Crippen MR) is 65.7 cm³/mol. The highest BCUT2D eigenvalue weighted by Crippen LogP contribution is 2.23. The molecule has 2 rings (SSSR count). The molecule has 1 aromatic heterocycles. The number of hydrogen-bond donors (Lipinski definition) is 0. The summed E-state index contributed by atoms with van der Waals surface area (Å²) in [4.78, 5) is 0. The number of alkyl halides is 1. The third kappa shape index (κ3) is 1.93. The van der Waals surface area contributed by atoms with Crippen molar-refractivity contribution >= 4 is 23.2 Å². The van der Waals surface area contributed by atoms with E-state index in [0.29, 0.717) is 5.88 Å². The van der Waals surface area contributed by atoms with Crippen molar-refractivity contribution in [2.45, 2.75) is 12.8 Å². The lowest BCUT2D eigenvalue weighted by Gasteiger charge is -2.04. The quantitative estimate of drug-likeness (QED) is 0.772. The third-order valence-corrected chi connectivity index (χ3v) is 3.16. The molecule has 1 aromatic carbocycles. The smallest absolute Gasteiger partial charge is 0.163 e. The lowest BCUT2D eigenvalue weighted by Crippen LogP contribution is -1.97. The first-order valence-corrected chi connectivity index (χ1v) is 5.75. The van der Waals surface area contributed by atoms with Gasteiger partial charge in [0.05, 0.1) is 5.88 Å². The van der Waals surface area contributed by atoms with Gasteiger partial charge in [-0.3, -0.25) is 0 Å². The van der Waals surface area contributed by atoms with Crippen LogP contribution < -0.4 is 0 Å². The van der Waals surface area contributed by atoms with Crippen LogP contribution in [0.15, 0.2) is 18.2 Å². The Hall–Kier alpha value is -1.06. The normalized spacial score (nSPS) is 10.8. The molecule has 0 aliphatic carbocycles. The Morgan fingerprint density at radius 2 is 2.06 bits per heavy atom. The van der Waals surface area contributed by atoms with E-state index in [9.17, 15) is 0 Å². The molecule has 0 atom stereocenters. The van der Waals surface area contributed by atoms with E-state index >= 15 is 0 Å². The average molecular weight is 256 g/mol. The Morgan fingerprint density at radius 3 is 2.62 bits per heavy atom. The summed E-state index contributed by atoms with van der Waals surface area (Å²) in [6.07, 6.45) is 0. The molecular formula is C11H11Cl2N3. The Bertz CT molecular complexity index is 520. The Labute approximate surface area is 104 Å². The molecule has 1 heterocycles. The molecule has 0 aliphatic heterocycles. The second-order valence-corrected chi connectivity index (χ2v) is 4.27. The number of halogens is 2. The summed E-state index contributed by atoms with van der Waals surface area (Å²) in [5.41, 5.74) is 2.02. The Balaban J connectivity index is 2.50. The van der Waals surface area contributed by atoms with Gasteiger partial charge in [0.1, 0.15) is 5.82 Å². The zero-order valence-corrected chi connectivity index (χ0v) is 10.5. The highest BCUT2D eigenvalue weighted by molar-refractivity contribution is 6.31. The summed E-state index contributed by atoms with van der Waals surface area (Å²) >= 11 is 11.7. The van der Waals surface area contributed by atoms with Crippen LogP contribution in [0.1, 0.15) is 11.4 Å². The fourth-order valence-corrected chi connectivity index (χ4v) is 1.86. The topological polar surface area (TPSA) is 30.7 Å². The monoisotopic (exact) mass is 255 g/mol. The SMILES string of the molecule is Cc1cc(-c2nnc(CCl)n2C)ccc1Cl. The van der Waals surface area contributed by atoms with Gasteiger partial charge >= 0.3 is 0 Å². The molecule has 0 amide bonds. The molecule has 0 N–H and O–H groups in total. The lowest BCUT2D eigenvalue weighted by molar-refractivity contribution is 0.853. The summed E-state index contributed by atoms with van der Waals surface area (Å²) in [6, 6.07) is 5.78. The molecule has 3 nitrogen and oxygen atoms in total. The largest absolute Gasteiger partial charge is 0.313 e. The number of hydrogen-bond acceptors (Lipinski definition) is 2. The molecule has 0 radical (unpaired) electrons. The molecule has 0 bridgehead atoms. The fraction of sp³-hybridized carbons (Fsp3) is 0.273. The van der Waals surface area contributed by atoms with Gasteiger partial charge in [-0.25, -0.2) is 0 Å². The van der Waals surface area contributed by atoms with Crippen molar-refractivity contribution in [1.29, 1.82) is 0 Å². The zero-order chi connectivity index (χ0) is 11.7. The van der Waals surface area contributed by atoms with Crippen LogP contribution in [0, 0.1) is 6.92 Å². The molecule has 5 heteroatoms. The van der Waals surface area contributed by atoms with Gasteiger partial charge in [-0.2, -0.15) is 0 Å².